The molecule has 6 heteroatoms. The van der Waals surface area contributed by atoms with Crippen molar-refractivity contribution >= 4 is 5.78 Å². The van der Waals surface area contributed by atoms with E-state index in [1.54, 1.807) is 0 Å². The van der Waals surface area contributed by atoms with Gasteiger partial charge in [-0.25, -0.2) is 0 Å². The molecule has 2 atom stereocenters. The Labute approximate surface area is 119 Å². The van der Waals surface area contributed by atoms with Crippen molar-refractivity contribution in [3.63, 3.8) is 0 Å². The fourth-order valence-electron chi connectivity index (χ4n) is 2.28. The van der Waals surface area contributed by atoms with Crippen LogP contribution in [0.1, 0.15) is 22.0 Å². The average molecular weight is 288 g/mol. The van der Waals surface area contributed by atoms with E-state index >= 15 is 0 Å². The van der Waals surface area contributed by atoms with Gasteiger partial charge in [-0.15, -0.1) is 0 Å². The molecule has 1 heterocycles. The number of aromatic hydroxyl groups is 3. The first kappa shape index (κ1) is 13.3. The summed E-state index contributed by atoms with van der Waals surface area (Å²) in [4.78, 5) is 12.1. The largest absolute Gasteiger partial charge is 0.508 e. The summed E-state index contributed by atoms with van der Waals surface area (Å²) in [6.45, 7) is 0. The number of aliphatic hydroxyl groups is 1. The highest BCUT2D eigenvalue weighted by molar-refractivity contribution is 6.03. The second-order valence-corrected chi connectivity index (χ2v) is 4.78. The molecule has 0 saturated heterocycles. The van der Waals surface area contributed by atoms with E-state index in [-0.39, 0.29) is 28.6 Å². The molecule has 0 amide bonds. The van der Waals surface area contributed by atoms with Crippen LogP contribution in [0.3, 0.4) is 0 Å². The van der Waals surface area contributed by atoms with Crippen molar-refractivity contribution in [2.45, 2.75) is 12.2 Å². The molecular weight excluding hydrogens is 276 g/mol. The van der Waals surface area contributed by atoms with Gasteiger partial charge in [-0.2, -0.15) is 0 Å². The van der Waals surface area contributed by atoms with E-state index in [0.29, 0.717) is 5.56 Å². The third-order valence-electron chi connectivity index (χ3n) is 3.37. The molecule has 1 aliphatic heterocycles. The summed E-state index contributed by atoms with van der Waals surface area (Å²) in [7, 11) is 0. The molecule has 1 aliphatic rings. The first-order chi connectivity index (χ1) is 9.97. The van der Waals surface area contributed by atoms with Crippen LogP contribution in [0, 0.1) is 0 Å². The molecule has 0 radical (unpaired) electrons. The fraction of sp³-hybridized carbons (Fsp3) is 0.133. The summed E-state index contributed by atoms with van der Waals surface area (Å²) in [6.07, 6.45) is -2.47. The van der Waals surface area contributed by atoms with Crippen LogP contribution in [0.25, 0.3) is 0 Å². The lowest BCUT2D eigenvalue weighted by molar-refractivity contribution is 0.0215. The standard InChI is InChI=1S/C15H12O6/c16-8-2-3-9-12(6-8)21-15(14(20)13(9)19)7-1-4-10(17)11(18)5-7/h1-6,14-18,20H/t14-,15+/m0/s1. The van der Waals surface area contributed by atoms with Gasteiger partial charge in [-0.3, -0.25) is 4.79 Å². The molecule has 0 aliphatic carbocycles. The minimum absolute atomic E-state index is 0.0646. The van der Waals surface area contributed by atoms with Gasteiger partial charge in [0, 0.05) is 6.07 Å². The zero-order chi connectivity index (χ0) is 15.1. The van der Waals surface area contributed by atoms with Gasteiger partial charge in [0.05, 0.1) is 5.56 Å². The normalized spacial score (nSPS) is 20.7. The third-order valence-corrected chi connectivity index (χ3v) is 3.37. The zero-order valence-corrected chi connectivity index (χ0v) is 10.7. The summed E-state index contributed by atoms with van der Waals surface area (Å²) in [5, 5.41) is 38.3. The summed E-state index contributed by atoms with van der Waals surface area (Å²) in [5.41, 5.74) is 0.514. The fourth-order valence-corrected chi connectivity index (χ4v) is 2.28. The first-order valence-electron chi connectivity index (χ1n) is 6.21. The van der Waals surface area contributed by atoms with E-state index < -0.39 is 18.0 Å². The van der Waals surface area contributed by atoms with Gasteiger partial charge < -0.3 is 25.2 Å². The monoisotopic (exact) mass is 288 g/mol. The molecule has 3 rings (SSSR count). The van der Waals surface area contributed by atoms with Crippen LogP contribution in [0.4, 0.5) is 0 Å². The van der Waals surface area contributed by atoms with E-state index in [4.69, 9.17) is 4.74 Å². The molecule has 0 unspecified atom stereocenters. The van der Waals surface area contributed by atoms with Crippen LogP contribution >= 0.6 is 0 Å². The highest BCUT2D eigenvalue weighted by Gasteiger charge is 2.37. The van der Waals surface area contributed by atoms with Crippen LogP contribution < -0.4 is 4.74 Å². The van der Waals surface area contributed by atoms with E-state index in [0.717, 1.165) is 0 Å². The second kappa shape index (κ2) is 4.68. The molecule has 21 heavy (non-hydrogen) atoms. The van der Waals surface area contributed by atoms with E-state index in [1.807, 2.05) is 0 Å². The lowest BCUT2D eigenvalue weighted by atomic mass is 9.93. The van der Waals surface area contributed by atoms with Gasteiger partial charge in [-0.1, -0.05) is 6.07 Å². The van der Waals surface area contributed by atoms with E-state index in [9.17, 15) is 25.2 Å². The SMILES string of the molecule is O=C1c2ccc(O)cc2O[C@H](c2ccc(O)c(O)c2)[C@H]1O. The quantitative estimate of drug-likeness (QED) is 0.592. The highest BCUT2D eigenvalue weighted by atomic mass is 16.5. The minimum Gasteiger partial charge on any atom is -0.508 e. The first-order valence-corrected chi connectivity index (χ1v) is 6.21. The molecule has 4 N–H and O–H groups in total. The smallest absolute Gasteiger partial charge is 0.199 e. The third kappa shape index (κ3) is 2.15. The lowest BCUT2D eigenvalue weighted by Crippen LogP contribution is -2.36. The van der Waals surface area contributed by atoms with Crippen molar-refractivity contribution in [3.05, 3.63) is 47.5 Å². The summed E-state index contributed by atoms with van der Waals surface area (Å²) >= 11 is 0. The summed E-state index contributed by atoms with van der Waals surface area (Å²) in [5.74, 6) is -1.13. The van der Waals surface area contributed by atoms with Crippen LogP contribution in [-0.2, 0) is 0 Å². The average Bonchev–Trinajstić information content (AvgIpc) is 2.45. The molecule has 6 nitrogen and oxygen atoms in total. The van der Waals surface area contributed by atoms with Crippen LogP contribution in [0.15, 0.2) is 36.4 Å². The maximum absolute atomic E-state index is 12.1. The molecule has 0 fully saturated rings. The Morgan fingerprint density at radius 3 is 2.43 bits per heavy atom. The van der Waals surface area contributed by atoms with E-state index in [2.05, 4.69) is 0 Å². The number of rotatable bonds is 1. The predicted molar refractivity (Wildman–Crippen MR) is 71.6 cm³/mol. The number of ketones is 1. The summed E-state index contributed by atoms with van der Waals surface area (Å²) < 4.78 is 5.55. The maximum Gasteiger partial charge on any atom is 0.199 e. The summed E-state index contributed by atoms with van der Waals surface area (Å²) in [6, 6.07) is 7.88. The topological polar surface area (TPSA) is 107 Å². The van der Waals surface area contributed by atoms with Crippen molar-refractivity contribution in [1.82, 2.24) is 0 Å². The van der Waals surface area contributed by atoms with Gasteiger partial charge in [0.1, 0.15) is 11.5 Å². The van der Waals surface area contributed by atoms with Crippen molar-refractivity contribution in [1.29, 1.82) is 0 Å². The number of carbonyl (C=O) groups is 1. The predicted octanol–water partition coefficient (Wildman–Crippen LogP) is 1.48. The van der Waals surface area contributed by atoms with Crippen molar-refractivity contribution in [3.8, 4) is 23.0 Å². The Hall–Kier alpha value is -2.73. The zero-order valence-electron chi connectivity index (χ0n) is 10.7. The molecule has 2 aromatic carbocycles. The van der Waals surface area contributed by atoms with Gasteiger partial charge in [0.15, 0.2) is 29.5 Å². The Kier molecular flexibility index (Phi) is 2.95. The molecule has 2 aromatic rings. The van der Waals surface area contributed by atoms with E-state index in [1.165, 1.54) is 36.4 Å². The number of hydrogen-bond donors (Lipinski definition) is 4. The number of carbonyl (C=O) groups excluding carboxylic acids is 1. The van der Waals surface area contributed by atoms with Crippen LogP contribution in [0.5, 0.6) is 23.0 Å². The number of benzene rings is 2. The number of aliphatic hydroxyl groups excluding tert-OH is 1. The van der Waals surface area contributed by atoms with Gasteiger partial charge >= 0.3 is 0 Å². The number of ether oxygens (including phenoxy) is 1. The molecule has 0 aromatic heterocycles. The number of fused-ring (bicyclic) bond motifs is 1. The molecular formula is C15H12O6. The number of phenols is 3. The van der Waals surface area contributed by atoms with Gasteiger partial charge in [0.25, 0.3) is 0 Å². The Balaban J connectivity index is 2.05. The van der Waals surface area contributed by atoms with Gasteiger partial charge in [0.2, 0.25) is 0 Å². The Bertz CT molecular complexity index is 724. The minimum atomic E-state index is -1.44. The Morgan fingerprint density at radius 2 is 1.71 bits per heavy atom. The molecule has 108 valence electrons. The number of hydrogen-bond acceptors (Lipinski definition) is 6. The number of phenolic OH excluding ortho intramolecular Hbond substituents is 3. The van der Waals surface area contributed by atoms with Crippen molar-refractivity contribution in [2.24, 2.45) is 0 Å². The number of Topliss-reactive ketones (excluding diaryl/α,β-unsaturated/α-hetero) is 1. The Morgan fingerprint density at radius 1 is 0.952 bits per heavy atom. The van der Waals surface area contributed by atoms with Crippen LogP contribution in [-0.4, -0.2) is 32.3 Å². The second-order valence-electron chi connectivity index (χ2n) is 4.78. The van der Waals surface area contributed by atoms with Crippen molar-refractivity contribution in [2.75, 3.05) is 0 Å². The van der Waals surface area contributed by atoms with Gasteiger partial charge in [-0.05, 0) is 29.8 Å². The maximum atomic E-state index is 12.1. The molecule has 0 bridgehead atoms. The van der Waals surface area contributed by atoms with Crippen LogP contribution in [0.2, 0.25) is 0 Å². The molecule has 0 saturated carbocycles. The lowest BCUT2D eigenvalue weighted by Gasteiger charge is -2.29. The highest BCUT2D eigenvalue weighted by Crippen LogP contribution is 2.38. The molecule has 0 spiro atoms. The van der Waals surface area contributed by atoms with Crippen molar-refractivity contribution < 1.29 is 30.0 Å².